The number of aliphatic hydroxyl groups excluding tert-OH is 1. The van der Waals surface area contributed by atoms with Crippen LogP contribution in [0.3, 0.4) is 0 Å². The Hall–Kier alpha value is -1.00. The van der Waals surface area contributed by atoms with E-state index in [1.165, 1.54) is 15.8 Å². The monoisotopic (exact) mass is 319 g/mol. The van der Waals surface area contributed by atoms with Gasteiger partial charge in [-0.1, -0.05) is 0 Å². The molecule has 0 saturated carbocycles. The molecule has 1 aliphatic rings. The minimum atomic E-state index is -3.69. The van der Waals surface area contributed by atoms with Gasteiger partial charge in [-0.15, -0.1) is 11.3 Å². The summed E-state index contributed by atoms with van der Waals surface area (Å²) in [6, 6.07) is 1.04. The average Bonchev–Trinajstić information content (AvgIpc) is 2.94. The first-order valence-corrected chi connectivity index (χ1v) is 8.28. The third kappa shape index (κ3) is 2.72. The molecule has 0 spiro atoms. The minimum absolute atomic E-state index is 0.0506. The number of hydrogen-bond donors (Lipinski definition) is 2. The zero-order valence-corrected chi connectivity index (χ0v) is 12.8. The van der Waals surface area contributed by atoms with E-state index in [0.29, 0.717) is 0 Å². The molecule has 2 heterocycles. The molecule has 0 radical (unpaired) electrons. The molecule has 1 aromatic rings. The lowest BCUT2D eigenvalue weighted by Crippen LogP contribution is -2.38. The predicted octanol–water partition coefficient (Wildman–Crippen LogP) is -0.858. The highest BCUT2D eigenvalue weighted by Gasteiger charge is 2.40. The number of carbonyl (C=O) groups is 1. The molecule has 9 heteroatoms. The van der Waals surface area contributed by atoms with Gasteiger partial charge in [-0.2, -0.15) is 4.31 Å². The van der Waals surface area contributed by atoms with Crippen molar-refractivity contribution in [3.63, 3.8) is 0 Å². The topological polar surface area (TPSA) is 104 Å². The van der Waals surface area contributed by atoms with E-state index < -0.39 is 22.0 Å². The molecule has 0 unspecified atom stereocenters. The van der Waals surface area contributed by atoms with Crippen LogP contribution in [-0.4, -0.2) is 68.0 Å². The number of amides is 1. The smallest absolute Gasteiger partial charge is 0.252 e. The van der Waals surface area contributed by atoms with Crippen molar-refractivity contribution in [3.05, 3.63) is 17.0 Å². The number of rotatable bonds is 4. The molecule has 7 nitrogen and oxygen atoms in total. The number of sulfonamides is 1. The number of thiophene rings is 1. The van der Waals surface area contributed by atoms with Gasteiger partial charge in [0, 0.05) is 18.5 Å². The van der Waals surface area contributed by atoms with Crippen LogP contribution in [0.4, 0.5) is 0 Å². The maximum absolute atomic E-state index is 12.4. The van der Waals surface area contributed by atoms with Crippen molar-refractivity contribution in [1.82, 2.24) is 9.21 Å². The molecule has 2 atom stereocenters. The molecule has 2 rings (SSSR count). The number of β-amino-alcohol motifs (C(OH)–C–C–N with tert-alkyl or cyclic N) is 1. The molecule has 1 amide bonds. The van der Waals surface area contributed by atoms with Gasteiger partial charge in [0.2, 0.25) is 5.91 Å². The number of nitrogens with two attached hydrogens (primary N) is 1. The summed E-state index contributed by atoms with van der Waals surface area (Å²) in [7, 11) is -0.109. The largest absolute Gasteiger partial charge is 0.390 e. The third-order valence-electron chi connectivity index (χ3n) is 3.34. The fourth-order valence-electron chi connectivity index (χ4n) is 2.15. The fourth-order valence-corrected chi connectivity index (χ4v) is 4.94. The Bertz CT molecular complexity index is 611. The van der Waals surface area contributed by atoms with Crippen LogP contribution in [0.2, 0.25) is 0 Å². The van der Waals surface area contributed by atoms with Gasteiger partial charge in [0.1, 0.15) is 4.21 Å². The van der Waals surface area contributed by atoms with Crippen LogP contribution in [-0.2, 0) is 10.0 Å². The van der Waals surface area contributed by atoms with Crippen LogP contribution in [0, 0.1) is 0 Å². The fraction of sp³-hybridized carbons (Fsp3) is 0.545. The molecular weight excluding hydrogens is 302 g/mol. The summed E-state index contributed by atoms with van der Waals surface area (Å²) in [5.74, 6) is -0.657. The molecule has 3 N–H and O–H groups in total. The van der Waals surface area contributed by atoms with E-state index in [2.05, 4.69) is 0 Å². The van der Waals surface area contributed by atoms with Crippen LogP contribution >= 0.6 is 11.3 Å². The number of aliphatic hydroxyl groups is 1. The Labute approximate surface area is 121 Å². The van der Waals surface area contributed by atoms with Gasteiger partial charge < -0.3 is 15.7 Å². The minimum Gasteiger partial charge on any atom is -0.390 e. The van der Waals surface area contributed by atoms with Crippen LogP contribution in [0.15, 0.2) is 15.7 Å². The van der Waals surface area contributed by atoms with Crippen molar-refractivity contribution >= 4 is 27.3 Å². The van der Waals surface area contributed by atoms with Gasteiger partial charge in [-0.3, -0.25) is 4.79 Å². The highest BCUT2D eigenvalue weighted by molar-refractivity contribution is 7.91. The zero-order valence-electron chi connectivity index (χ0n) is 11.2. The van der Waals surface area contributed by atoms with Crippen molar-refractivity contribution in [3.8, 4) is 0 Å². The predicted molar refractivity (Wildman–Crippen MR) is 75.1 cm³/mol. The maximum Gasteiger partial charge on any atom is 0.252 e. The van der Waals surface area contributed by atoms with E-state index in [1.54, 1.807) is 19.0 Å². The molecule has 1 aliphatic heterocycles. The lowest BCUT2D eigenvalue weighted by molar-refractivity contribution is 0.100. The van der Waals surface area contributed by atoms with E-state index in [0.717, 1.165) is 11.3 Å². The van der Waals surface area contributed by atoms with Crippen LogP contribution in [0.25, 0.3) is 0 Å². The van der Waals surface area contributed by atoms with Crippen LogP contribution in [0.5, 0.6) is 0 Å². The number of nitrogens with zero attached hydrogens (tertiary/aromatic N) is 2. The average molecular weight is 319 g/mol. The summed E-state index contributed by atoms with van der Waals surface area (Å²) < 4.78 is 26.2. The Morgan fingerprint density at radius 1 is 1.50 bits per heavy atom. The standard InChI is InChI=1S/C11H17N3O4S2/c1-13(2)8-4-14(5-9(8)15)20(17,18)10-3-7(6-19-10)11(12)16/h3,6,8-9,15H,4-5H2,1-2H3,(H2,12,16)/t8-,9-/m0/s1. The van der Waals surface area contributed by atoms with Gasteiger partial charge in [-0.05, 0) is 20.2 Å². The lowest BCUT2D eigenvalue weighted by Gasteiger charge is -2.21. The number of carbonyl (C=O) groups excluding carboxylic acids is 1. The second-order valence-electron chi connectivity index (χ2n) is 4.94. The third-order valence-corrected chi connectivity index (χ3v) is 6.59. The van der Waals surface area contributed by atoms with E-state index >= 15 is 0 Å². The highest BCUT2D eigenvalue weighted by Crippen LogP contribution is 2.27. The summed E-state index contributed by atoms with van der Waals surface area (Å²) in [5, 5.41) is 11.3. The van der Waals surface area contributed by atoms with Crippen molar-refractivity contribution in [2.75, 3.05) is 27.2 Å². The molecule has 1 saturated heterocycles. The van der Waals surface area contributed by atoms with Gasteiger partial charge >= 0.3 is 0 Å². The Balaban J connectivity index is 2.25. The molecule has 112 valence electrons. The van der Waals surface area contributed by atoms with Crippen molar-refractivity contribution in [2.24, 2.45) is 5.73 Å². The van der Waals surface area contributed by atoms with Crippen molar-refractivity contribution in [2.45, 2.75) is 16.4 Å². The normalized spacial score (nSPS) is 24.4. The van der Waals surface area contributed by atoms with Gasteiger partial charge in [0.15, 0.2) is 0 Å². The lowest BCUT2D eigenvalue weighted by atomic mass is 10.2. The van der Waals surface area contributed by atoms with E-state index in [4.69, 9.17) is 5.73 Å². The second-order valence-corrected chi connectivity index (χ2v) is 8.02. The molecule has 0 aliphatic carbocycles. The van der Waals surface area contributed by atoms with Gasteiger partial charge in [-0.25, -0.2) is 8.42 Å². The highest BCUT2D eigenvalue weighted by atomic mass is 32.2. The SMILES string of the molecule is CN(C)[C@H]1CN(S(=O)(=O)c2cc(C(N)=O)cs2)C[C@@H]1O. The van der Waals surface area contributed by atoms with Gasteiger partial charge in [0.05, 0.1) is 17.7 Å². The summed E-state index contributed by atoms with van der Waals surface area (Å²) in [5.41, 5.74) is 5.30. The van der Waals surface area contributed by atoms with Gasteiger partial charge in [0.25, 0.3) is 10.0 Å². The quantitative estimate of drug-likeness (QED) is 0.752. The van der Waals surface area contributed by atoms with E-state index in [9.17, 15) is 18.3 Å². The first kappa shape index (κ1) is 15.4. The summed E-state index contributed by atoms with van der Waals surface area (Å²) in [6.45, 7) is 0.273. The summed E-state index contributed by atoms with van der Waals surface area (Å²) in [4.78, 5) is 12.8. The van der Waals surface area contributed by atoms with E-state index in [1.807, 2.05) is 0 Å². The van der Waals surface area contributed by atoms with Crippen LogP contribution < -0.4 is 5.73 Å². The first-order valence-electron chi connectivity index (χ1n) is 5.96. The molecule has 20 heavy (non-hydrogen) atoms. The zero-order chi connectivity index (χ0) is 15.1. The second kappa shape index (κ2) is 5.41. The molecule has 1 aromatic heterocycles. The summed E-state index contributed by atoms with van der Waals surface area (Å²) >= 11 is 0.957. The molecule has 0 aromatic carbocycles. The molecule has 1 fully saturated rings. The molecular formula is C11H17N3O4S2. The number of likely N-dealkylation sites (N-methyl/N-ethyl adjacent to an activating group) is 1. The van der Waals surface area contributed by atoms with Crippen molar-refractivity contribution in [1.29, 1.82) is 0 Å². The maximum atomic E-state index is 12.4. The summed E-state index contributed by atoms with van der Waals surface area (Å²) in [6.07, 6.45) is -0.727. The van der Waals surface area contributed by atoms with Crippen LogP contribution in [0.1, 0.15) is 10.4 Å². The van der Waals surface area contributed by atoms with E-state index in [-0.39, 0.29) is 28.9 Å². The van der Waals surface area contributed by atoms with Crippen molar-refractivity contribution < 1.29 is 18.3 Å². The number of primary amides is 1. The Morgan fingerprint density at radius 3 is 2.60 bits per heavy atom. The Kier molecular flexibility index (Phi) is 4.17. The number of hydrogen-bond acceptors (Lipinski definition) is 6. The first-order chi connectivity index (χ1) is 9.23. The Morgan fingerprint density at radius 2 is 2.15 bits per heavy atom. The molecule has 0 bridgehead atoms.